The molecule has 0 spiro atoms. The van der Waals surface area contributed by atoms with E-state index >= 15 is 0 Å². The molecule has 0 saturated carbocycles. The van der Waals surface area contributed by atoms with E-state index in [0.717, 1.165) is 30.4 Å². The maximum atomic E-state index is 13.6. The van der Waals surface area contributed by atoms with Crippen LogP contribution in [-0.4, -0.2) is 41.8 Å². The van der Waals surface area contributed by atoms with Gasteiger partial charge in [-0.25, -0.2) is 4.79 Å². The van der Waals surface area contributed by atoms with Crippen LogP contribution in [-0.2, 0) is 16.0 Å². The predicted octanol–water partition coefficient (Wildman–Crippen LogP) is 5.49. The molecule has 0 saturated heterocycles. The maximum Gasteiger partial charge on any atom is 0.411 e. The second kappa shape index (κ2) is 9.95. The lowest BCUT2D eigenvalue weighted by Gasteiger charge is -2.42. The van der Waals surface area contributed by atoms with Gasteiger partial charge in [0, 0.05) is 18.2 Å². The largest absolute Gasteiger partial charge is 0.486 e. The van der Waals surface area contributed by atoms with Gasteiger partial charge in [0.25, 0.3) is 0 Å². The Hall–Kier alpha value is -3.22. The van der Waals surface area contributed by atoms with Crippen molar-refractivity contribution in [2.45, 2.75) is 71.1 Å². The zero-order valence-corrected chi connectivity index (χ0v) is 20.4. The van der Waals surface area contributed by atoms with Gasteiger partial charge in [0.1, 0.15) is 24.9 Å². The van der Waals surface area contributed by atoms with Gasteiger partial charge in [0.2, 0.25) is 5.91 Å². The molecule has 2 atom stereocenters. The number of nitrogens with zero attached hydrogens (tertiary/aromatic N) is 1. The predicted molar refractivity (Wildman–Crippen MR) is 130 cm³/mol. The summed E-state index contributed by atoms with van der Waals surface area (Å²) in [6, 6.07) is 12.5. The average Bonchev–Trinajstić information content (AvgIpc) is 2.80. The molecule has 4 rings (SSSR count). The molecule has 182 valence electrons. The first-order chi connectivity index (χ1) is 16.3. The molecule has 2 aliphatic heterocycles. The van der Waals surface area contributed by atoms with Crippen LogP contribution in [0.25, 0.3) is 0 Å². The van der Waals surface area contributed by atoms with Crippen LogP contribution in [0.4, 0.5) is 10.5 Å². The van der Waals surface area contributed by atoms with Crippen LogP contribution in [0.2, 0.25) is 0 Å². The Kier molecular flexibility index (Phi) is 7.00. The Morgan fingerprint density at radius 1 is 1.09 bits per heavy atom. The summed E-state index contributed by atoms with van der Waals surface area (Å²) in [5.41, 5.74) is 2.11. The molecule has 7 heteroatoms. The molecule has 0 aliphatic carbocycles. The summed E-state index contributed by atoms with van der Waals surface area (Å²) in [5, 5.41) is 2.99. The minimum absolute atomic E-state index is 0.226. The van der Waals surface area contributed by atoms with Crippen LogP contribution in [0.3, 0.4) is 0 Å². The van der Waals surface area contributed by atoms with Crippen molar-refractivity contribution in [3.8, 4) is 11.5 Å². The molecule has 0 bridgehead atoms. The van der Waals surface area contributed by atoms with Crippen molar-refractivity contribution in [2.75, 3.05) is 18.5 Å². The molecule has 2 amide bonds. The minimum atomic E-state index is -0.695. The summed E-state index contributed by atoms with van der Waals surface area (Å²) in [7, 11) is 0. The smallest absolute Gasteiger partial charge is 0.411 e. The van der Waals surface area contributed by atoms with Crippen molar-refractivity contribution in [1.29, 1.82) is 0 Å². The minimum Gasteiger partial charge on any atom is -0.486 e. The number of hydrogen-bond donors (Lipinski definition) is 1. The third-order valence-corrected chi connectivity index (χ3v) is 6.05. The lowest BCUT2D eigenvalue weighted by Crippen LogP contribution is -2.54. The highest BCUT2D eigenvalue weighted by atomic mass is 16.6. The number of benzene rings is 2. The molecular weight excluding hydrogens is 432 g/mol. The second-order valence-corrected chi connectivity index (χ2v) is 9.81. The monoisotopic (exact) mass is 466 g/mol. The number of amides is 2. The molecule has 0 radical (unpaired) electrons. The average molecular weight is 467 g/mol. The number of carbonyl (C=O) groups is 2. The fourth-order valence-corrected chi connectivity index (χ4v) is 4.55. The van der Waals surface area contributed by atoms with E-state index in [-0.39, 0.29) is 11.9 Å². The van der Waals surface area contributed by atoms with Crippen LogP contribution >= 0.6 is 0 Å². The number of hydrogen-bond acceptors (Lipinski definition) is 5. The van der Waals surface area contributed by atoms with E-state index in [4.69, 9.17) is 14.2 Å². The van der Waals surface area contributed by atoms with Crippen LogP contribution in [0.1, 0.15) is 64.1 Å². The second-order valence-electron chi connectivity index (χ2n) is 9.81. The van der Waals surface area contributed by atoms with Crippen LogP contribution in [0.5, 0.6) is 11.5 Å². The fraction of sp³-hybridized carbons (Fsp3) is 0.481. The highest BCUT2D eigenvalue weighted by Gasteiger charge is 2.42. The number of nitrogens with one attached hydrogen (secondary N) is 1. The van der Waals surface area contributed by atoms with E-state index in [1.54, 1.807) is 23.1 Å². The number of carbonyl (C=O) groups excluding carboxylic acids is 2. The first kappa shape index (κ1) is 23.9. The van der Waals surface area contributed by atoms with E-state index in [0.29, 0.717) is 36.8 Å². The fourth-order valence-electron chi connectivity index (χ4n) is 4.55. The van der Waals surface area contributed by atoms with Gasteiger partial charge < -0.3 is 19.5 Å². The molecule has 0 fully saturated rings. The van der Waals surface area contributed by atoms with Crippen molar-refractivity contribution in [3.63, 3.8) is 0 Å². The van der Waals surface area contributed by atoms with Gasteiger partial charge in [-0.3, -0.25) is 9.69 Å². The van der Waals surface area contributed by atoms with E-state index in [9.17, 15) is 9.59 Å². The summed E-state index contributed by atoms with van der Waals surface area (Å²) in [4.78, 5) is 28.7. The Bertz CT molecular complexity index is 1050. The molecule has 1 N–H and O–H groups in total. The van der Waals surface area contributed by atoms with Gasteiger partial charge in [-0.15, -0.1) is 0 Å². The Morgan fingerprint density at radius 2 is 1.82 bits per heavy atom. The zero-order chi connectivity index (χ0) is 24.3. The van der Waals surface area contributed by atoms with Gasteiger partial charge in [0.05, 0.1) is 6.04 Å². The Labute approximate surface area is 201 Å². The first-order valence-electron chi connectivity index (χ1n) is 12.1. The van der Waals surface area contributed by atoms with E-state index in [1.807, 2.05) is 39.0 Å². The topological polar surface area (TPSA) is 77.1 Å². The van der Waals surface area contributed by atoms with Crippen molar-refractivity contribution in [1.82, 2.24) is 4.90 Å². The van der Waals surface area contributed by atoms with Crippen molar-refractivity contribution >= 4 is 17.7 Å². The number of rotatable bonds is 5. The summed E-state index contributed by atoms with van der Waals surface area (Å²) < 4.78 is 17.0. The van der Waals surface area contributed by atoms with Gasteiger partial charge in [-0.05, 0) is 50.5 Å². The van der Waals surface area contributed by atoms with Gasteiger partial charge in [0.15, 0.2) is 11.5 Å². The van der Waals surface area contributed by atoms with Crippen molar-refractivity contribution < 1.29 is 23.8 Å². The van der Waals surface area contributed by atoms with Crippen LogP contribution < -0.4 is 14.8 Å². The van der Waals surface area contributed by atoms with Crippen LogP contribution in [0.15, 0.2) is 42.5 Å². The molecule has 34 heavy (non-hydrogen) atoms. The first-order valence-corrected chi connectivity index (χ1v) is 12.1. The third-order valence-electron chi connectivity index (χ3n) is 6.05. The Morgan fingerprint density at radius 3 is 2.56 bits per heavy atom. The van der Waals surface area contributed by atoms with E-state index in [1.165, 1.54) is 0 Å². The highest BCUT2D eigenvalue weighted by molar-refractivity contribution is 5.97. The normalized spacial score (nSPS) is 19.2. The lowest BCUT2D eigenvalue weighted by molar-refractivity contribution is -0.122. The molecular formula is C27H34N2O5. The Balaban J connectivity index is 1.66. The highest BCUT2D eigenvalue weighted by Crippen LogP contribution is 2.38. The van der Waals surface area contributed by atoms with Crippen molar-refractivity contribution in [3.05, 3.63) is 53.6 Å². The number of unbranched alkanes of at least 4 members (excludes halogenated alkanes) is 1. The molecule has 2 aromatic carbocycles. The van der Waals surface area contributed by atoms with Gasteiger partial charge >= 0.3 is 6.09 Å². The molecule has 2 aromatic rings. The molecule has 7 nitrogen and oxygen atoms in total. The number of fused-ring (bicyclic) bond motifs is 2. The number of ether oxygens (including phenoxy) is 3. The summed E-state index contributed by atoms with van der Waals surface area (Å²) >= 11 is 0. The molecule has 2 aliphatic rings. The molecule has 2 heterocycles. The van der Waals surface area contributed by atoms with E-state index < -0.39 is 17.7 Å². The summed E-state index contributed by atoms with van der Waals surface area (Å²) in [6.45, 7) is 8.62. The molecule has 0 aromatic heterocycles. The quantitative estimate of drug-likeness (QED) is 0.631. The van der Waals surface area contributed by atoms with Crippen molar-refractivity contribution in [2.24, 2.45) is 0 Å². The van der Waals surface area contributed by atoms with Gasteiger partial charge in [-0.2, -0.15) is 0 Å². The maximum absolute atomic E-state index is 13.6. The molecule has 2 unspecified atom stereocenters. The standard InChI is InChI=1S/C27H34N2O5/c1-5-6-11-21-20-10-8-7-9-18(20)16-22(29(21)26(31)34-27(2,3)4)25(30)28-19-12-13-23-24(17-19)33-15-14-32-23/h7-10,12-13,17,21-22H,5-6,11,14-16H2,1-4H3,(H,28,30). The van der Waals surface area contributed by atoms with Gasteiger partial charge in [-0.1, -0.05) is 44.0 Å². The SMILES string of the molecule is CCCCC1c2ccccc2CC(C(=O)Nc2ccc3c(c2)OCCO3)N1C(=O)OC(C)(C)C. The summed E-state index contributed by atoms with van der Waals surface area (Å²) in [5.74, 6) is 1.01. The van der Waals surface area contributed by atoms with E-state index in [2.05, 4.69) is 18.3 Å². The number of anilines is 1. The lowest BCUT2D eigenvalue weighted by atomic mass is 9.85. The van der Waals surface area contributed by atoms with Crippen LogP contribution in [0, 0.1) is 0 Å². The third kappa shape index (κ3) is 5.29. The zero-order valence-electron chi connectivity index (χ0n) is 20.4. The summed E-state index contributed by atoms with van der Waals surface area (Å²) in [6.07, 6.45) is 2.66.